The van der Waals surface area contributed by atoms with Gasteiger partial charge in [0.15, 0.2) is 0 Å². The van der Waals surface area contributed by atoms with Gasteiger partial charge in [-0.25, -0.2) is 9.78 Å². The van der Waals surface area contributed by atoms with E-state index < -0.39 is 5.63 Å². The summed E-state index contributed by atoms with van der Waals surface area (Å²) in [7, 11) is 1.52. The molecule has 1 aromatic heterocycles. The van der Waals surface area contributed by atoms with Crippen LogP contribution in [0.3, 0.4) is 0 Å². The first-order valence-corrected chi connectivity index (χ1v) is 5.11. The van der Waals surface area contributed by atoms with Crippen LogP contribution < -0.4 is 10.4 Å². The van der Waals surface area contributed by atoms with Gasteiger partial charge in [-0.2, -0.15) is 0 Å². The van der Waals surface area contributed by atoms with E-state index in [1.54, 1.807) is 18.2 Å². The van der Waals surface area contributed by atoms with Gasteiger partial charge in [-0.3, -0.25) is 0 Å². The molecule has 0 saturated carbocycles. The molecule has 0 spiro atoms. The van der Waals surface area contributed by atoms with Gasteiger partial charge in [0.1, 0.15) is 11.1 Å². The normalized spacial score (nSPS) is 11.0. The van der Waals surface area contributed by atoms with Gasteiger partial charge in [0, 0.05) is 5.92 Å². The van der Waals surface area contributed by atoms with E-state index in [1.165, 1.54) is 7.11 Å². The third-order valence-corrected chi connectivity index (χ3v) is 2.35. The third kappa shape index (κ3) is 1.66. The van der Waals surface area contributed by atoms with E-state index in [0.29, 0.717) is 22.5 Å². The summed E-state index contributed by atoms with van der Waals surface area (Å²) in [5, 5.41) is 0.398. The average Bonchev–Trinajstić information content (AvgIpc) is 2.27. The smallest absolute Gasteiger partial charge is 0.350 e. The van der Waals surface area contributed by atoms with Crippen molar-refractivity contribution in [3.63, 3.8) is 0 Å². The van der Waals surface area contributed by atoms with E-state index in [4.69, 9.17) is 9.15 Å². The van der Waals surface area contributed by atoms with Crippen LogP contribution in [0.4, 0.5) is 0 Å². The molecule has 0 bridgehead atoms. The highest BCUT2D eigenvalue weighted by atomic mass is 16.5. The second kappa shape index (κ2) is 3.96. The minimum atomic E-state index is -0.397. The van der Waals surface area contributed by atoms with Crippen LogP contribution in [-0.2, 0) is 0 Å². The van der Waals surface area contributed by atoms with Crippen LogP contribution in [0.2, 0.25) is 0 Å². The first-order valence-electron chi connectivity index (χ1n) is 5.11. The Bertz CT molecular complexity index is 572. The second-order valence-corrected chi connectivity index (χ2v) is 3.85. The van der Waals surface area contributed by atoms with E-state index in [1.807, 2.05) is 13.8 Å². The lowest BCUT2D eigenvalue weighted by molar-refractivity contribution is 0.405. The van der Waals surface area contributed by atoms with Crippen molar-refractivity contribution in [3.8, 4) is 5.75 Å². The predicted octanol–water partition coefficient (Wildman–Crippen LogP) is 2.32. The molecule has 4 nitrogen and oxygen atoms in total. The van der Waals surface area contributed by atoms with Crippen molar-refractivity contribution in [1.82, 2.24) is 4.98 Å². The fourth-order valence-corrected chi connectivity index (χ4v) is 1.52. The van der Waals surface area contributed by atoms with Gasteiger partial charge >= 0.3 is 5.63 Å². The molecule has 0 atom stereocenters. The molecule has 1 aromatic carbocycles. The first-order chi connectivity index (χ1) is 7.63. The Morgan fingerprint density at radius 3 is 2.75 bits per heavy atom. The third-order valence-electron chi connectivity index (χ3n) is 2.35. The molecule has 2 rings (SSSR count). The van der Waals surface area contributed by atoms with Crippen LogP contribution in [0.5, 0.6) is 5.75 Å². The van der Waals surface area contributed by atoms with Crippen molar-refractivity contribution in [2.45, 2.75) is 19.8 Å². The van der Waals surface area contributed by atoms with Crippen LogP contribution in [-0.4, -0.2) is 12.1 Å². The molecule has 0 unspecified atom stereocenters. The summed E-state index contributed by atoms with van der Waals surface area (Å²) in [6.45, 7) is 3.86. The molecule has 0 radical (unpaired) electrons. The van der Waals surface area contributed by atoms with Crippen LogP contribution in [0.25, 0.3) is 10.9 Å². The molecule has 0 N–H and O–H groups in total. The molecule has 0 aliphatic heterocycles. The maximum Gasteiger partial charge on any atom is 0.350 e. The molecule has 84 valence electrons. The summed E-state index contributed by atoms with van der Waals surface area (Å²) >= 11 is 0. The van der Waals surface area contributed by atoms with Crippen LogP contribution in [0.15, 0.2) is 27.4 Å². The zero-order valence-electron chi connectivity index (χ0n) is 9.48. The maximum atomic E-state index is 11.8. The highest BCUT2D eigenvalue weighted by Crippen LogP contribution is 2.22. The van der Waals surface area contributed by atoms with Crippen molar-refractivity contribution in [3.05, 3.63) is 34.5 Å². The van der Waals surface area contributed by atoms with E-state index >= 15 is 0 Å². The lowest BCUT2D eigenvalue weighted by Gasteiger charge is -2.06. The van der Waals surface area contributed by atoms with Crippen LogP contribution in [0, 0.1) is 0 Å². The van der Waals surface area contributed by atoms with E-state index in [9.17, 15) is 4.79 Å². The lowest BCUT2D eigenvalue weighted by atomic mass is 10.2. The Hall–Kier alpha value is -1.84. The van der Waals surface area contributed by atoms with Gasteiger partial charge in [-0.15, -0.1) is 0 Å². The Labute approximate surface area is 92.9 Å². The second-order valence-electron chi connectivity index (χ2n) is 3.85. The van der Waals surface area contributed by atoms with Gasteiger partial charge < -0.3 is 9.15 Å². The number of rotatable bonds is 2. The van der Waals surface area contributed by atoms with E-state index in [0.717, 1.165) is 0 Å². The van der Waals surface area contributed by atoms with Crippen molar-refractivity contribution in [2.24, 2.45) is 0 Å². The van der Waals surface area contributed by atoms with Crippen LogP contribution in [0.1, 0.15) is 25.7 Å². The standard InChI is InChI=1S/C12H13NO3/c1-7(2)11-13-8-5-4-6-9(15-3)10(8)12(14)16-11/h4-7H,1-3H3. The molecule has 0 aliphatic carbocycles. The Morgan fingerprint density at radius 2 is 2.12 bits per heavy atom. The molecule has 2 aromatic rings. The van der Waals surface area contributed by atoms with Crippen molar-refractivity contribution >= 4 is 10.9 Å². The van der Waals surface area contributed by atoms with E-state index in [-0.39, 0.29) is 5.92 Å². The minimum Gasteiger partial charge on any atom is -0.496 e. The summed E-state index contributed by atoms with van der Waals surface area (Å²) in [4.78, 5) is 16.1. The summed E-state index contributed by atoms with van der Waals surface area (Å²) in [5.41, 5.74) is 0.213. The zero-order valence-corrected chi connectivity index (χ0v) is 9.48. The Morgan fingerprint density at radius 1 is 1.38 bits per heavy atom. The zero-order chi connectivity index (χ0) is 11.7. The maximum absolute atomic E-state index is 11.8. The predicted molar refractivity (Wildman–Crippen MR) is 60.9 cm³/mol. The molecule has 4 heteroatoms. The number of nitrogens with zero attached hydrogens (tertiary/aromatic N) is 1. The minimum absolute atomic E-state index is 0.0864. The quantitative estimate of drug-likeness (QED) is 0.777. The molecule has 1 heterocycles. The summed E-state index contributed by atoms with van der Waals surface area (Å²) in [5.74, 6) is 1.03. The number of aromatic nitrogens is 1. The number of ether oxygens (including phenoxy) is 1. The number of fused-ring (bicyclic) bond motifs is 1. The Kier molecular flexibility index (Phi) is 2.64. The van der Waals surface area contributed by atoms with E-state index in [2.05, 4.69) is 4.98 Å². The molecule has 0 saturated heterocycles. The van der Waals surface area contributed by atoms with Crippen LogP contribution >= 0.6 is 0 Å². The van der Waals surface area contributed by atoms with Gasteiger partial charge in [0.05, 0.1) is 12.6 Å². The molecule has 16 heavy (non-hydrogen) atoms. The van der Waals surface area contributed by atoms with Gasteiger partial charge in [-0.1, -0.05) is 19.9 Å². The molecular weight excluding hydrogens is 206 g/mol. The molecule has 0 fully saturated rings. The van der Waals surface area contributed by atoms with Gasteiger partial charge in [0.25, 0.3) is 0 Å². The highest BCUT2D eigenvalue weighted by molar-refractivity contribution is 5.83. The lowest BCUT2D eigenvalue weighted by Crippen LogP contribution is -2.07. The first kappa shape index (κ1) is 10.7. The molecule has 0 aliphatic rings. The summed E-state index contributed by atoms with van der Waals surface area (Å²) in [6, 6.07) is 5.30. The highest BCUT2D eigenvalue weighted by Gasteiger charge is 2.12. The number of benzene rings is 1. The van der Waals surface area contributed by atoms with Gasteiger partial charge in [-0.05, 0) is 12.1 Å². The Balaban J connectivity index is 2.81. The summed E-state index contributed by atoms with van der Waals surface area (Å²) in [6.07, 6.45) is 0. The summed E-state index contributed by atoms with van der Waals surface area (Å²) < 4.78 is 10.3. The van der Waals surface area contributed by atoms with Crippen molar-refractivity contribution in [1.29, 1.82) is 0 Å². The fourth-order valence-electron chi connectivity index (χ4n) is 1.52. The van der Waals surface area contributed by atoms with Gasteiger partial charge in [0.2, 0.25) is 5.89 Å². The SMILES string of the molecule is COc1cccc2nc(C(C)C)oc(=O)c12. The largest absolute Gasteiger partial charge is 0.496 e. The van der Waals surface area contributed by atoms with Crippen molar-refractivity contribution in [2.75, 3.05) is 7.11 Å². The molecule has 0 amide bonds. The number of hydrogen-bond donors (Lipinski definition) is 0. The monoisotopic (exact) mass is 219 g/mol. The topological polar surface area (TPSA) is 52.3 Å². The average molecular weight is 219 g/mol. The fraction of sp³-hybridized carbons (Fsp3) is 0.333. The molecular formula is C12H13NO3. The number of methoxy groups -OCH3 is 1. The van der Waals surface area contributed by atoms with Crippen molar-refractivity contribution < 1.29 is 9.15 Å². The number of hydrogen-bond acceptors (Lipinski definition) is 4.